The summed E-state index contributed by atoms with van der Waals surface area (Å²) in [5.74, 6) is -0.832. The van der Waals surface area contributed by atoms with E-state index in [2.05, 4.69) is 37.3 Å². The summed E-state index contributed by atoms with van der Waals surface area (Å²) in [7, 11) is 0. The molecule has 0 aromatic rings. The molecule has 0 fully saturated rings. The monoisotopic (exact) mass is 392 g/mol. The van der Waals surface area contributed by atoms with Crippen molar-refractivity contribution in [3.8, 4) is 0 Å². The summed E-state index contributed by atoms with van der Waals surface area (Å²) in [6.07, 6.45) is 23.9. The number of carbonyl (C=O) groups excluding carboxylic acids is 1. The Balaban J connectivity index is 4.12. The Morgan fingerprint density at radius 1 is 0.821 bits per heavy atom. The summed E-state index contributed by atoms with van der Waals surface area (Å²) in [5.41, 5.74) is 0. The molecule has 1 unspecified atom stereocenters. The topological polar surface area (TPSA) is 63.6 Å². The second kappa shape index (κ2) is 19.9. The highest BCUT2D eigenvalue weighted by molar-refractivity contribution is 5.69. The average molecular weight is 393 g/mol. The molecule has 1 atom stereocenters. The van der Waals surface area contributed by atoms with Gasteiger partial charge in [-0.1, -0.05) is 69.9 Å². The van der Waals surface area contributed by atoms with Crippen LogP contribution in [0.5, 0.6) is 0 Å². The van der Waals surface area contributed by atoms with E-state index in [-0.39, 0.29) is 18.5 Å². The van der Waals surface area contributed by atoms with Crippen LogP contribution < -0.4 is 0 Å². The van der Waals surface area contributed by atoms with Crippen LogP contribution in [-0.2, 0) is 14.3 Å². The summed E-state index contributed by atoms with van der Waals surface area (Å²) in [6, 6.07) is 0. The Bertz CT molecular complexity index is 477. The molecule has 0 spiro atoms. The molecule has 4 nitrogen and oxygen atoms in total. The van der Waals surface area contributed by atoms with Gasteiger partial charge in [0, 0.05) is 12.8 Å². The van der Waals surface area contributed by atoms with Gasteiger partial charge in [-0.2, -0.15) is 0 Å². The molecule has 160 valence electrons. The lowest BCUT2D eigenvalue weighted by molar-refractivity contribution is -0.147. The lowest BCUT2D eigenvalue weighted by Gasteiger charge is -2.14. The van der Waals surface area contributed by atoms with Gasteiger partial charge in [0.1, 0.15) is 6.10 Å². The molecule has 0 heterocycles. The van der Waals surface area contributed by atoms with Gasteiger partial charge in [-0.05, 0) is 51.0 Å². The van der Waals surface area contributed by atoms with Crippen molar-refractivity contribution in [2.45, 2.75) is 103 Å². The van der Waals surface area contributed by atoms with Crippen molar-refractivity contribution in [2.75, 3.05) is 0 Å². The fraction of sp³-hybridized carbons (Fsp3) is 0.667. The maximum Gasteiger partial charge on any atom is 0.306 e. The van der Waals surface area contributed by atoms with Gasteiger partial charge in [-0.3, -0.25) is 9.59 Å². The van der Waals surface area contributed by atoms with Gasteiger partial charge in [0.25, 0.3) is 0 Å². The molecule has 0 aromatic heterocycles. The van der Waals surface area contributed by atoms with E-state index in [0.29, 0.717) is 6.42 Å². The maximum atomic E-state index is 11.8. The molecule has 0 aliphatic heterocycles. The van der Waals surface area contributed by atoms with Crippen LogP contribution in [0.3, 0.4) is 0 Å². The first-order chi connectivity index (χ1) is 13.6. The van der Waals surface area contributed by atoms with E-state index in [4.69, 9.17) is 9.84 Å². The van der Waals surface area contributed by atoms with E-state index >= 15 is 0 Å². The zero-order valence-electron chi connectivity index (χ0n) is 17.9. The van der Waals surface area contributed by atoms with Crippen molar-refractivity contribution in [1.29, 1.82) is 0 Å². The summed E-state index contributed by atoms with van der Waals surface area (Å²) in [6.45, 7) is 4.11. The van der Waals surface area contributed by atoms with Gasteiger partial charge in [0.05, 0.1) is 0 Å². The fourth-order valence-corrected chi connectivity index (χ4v) is 2.80. The van der Waals surface area contributed by atoms with Crippen LogP contribution in [0.4, 0.5) is 0 Å². The van der Waals surface area contributed by atoms with Crippen LogP contribution in [0.1, 0.15) is 97.3 Å². The fourth-order valence-electron chi connectivity index (χ4n) is 2.80. The third-order valence-electron chi connectivity index (χ3n) is 4.33. The first-order valence-electron chi connectivity index (χ1n) is 11.0. The largest absolute Gasteiger partial charge is 0.481 e. The average Bonchev–Trinajstić information content (AvgIpc) is 2.65. The Hall–Kier alpha value is -1.84. The number of unbranched alkanes of at least 4 members (excludes halogenated alkanes) is 5. The van der Waals surface area contributed by atoms with Crippen molar-refractivity contribution in [1.82, 2.24) is 0 Å². The molecule has 0 amide bonds. The summed E-state index contributed by atoms with van der Waals surface area (Å²) < 4.78 is 5.60. The smallest absolute Gasteiger partial charge is 0.306 e. The van der Waals surface area contributed by atoms with Gasteiger partial charge in [0.2, 0.25) is 0 Å². The van der Waals surface area contributed by atoms with E-state index in [9.17, 15) is 9.59 Å². The molecule has 0 rings (SSSR count). The number of allylic oxidation sites excluding steroid dienone is 5. The van der Waals surface area contributed by atoms with Crippen LogP contribution in [-0.4, -0.2) is 23.1 Å². The van der Waals surface area contributed by atoms with Gasteiger partial charge in [-0.15, -0.1) is 0 Å². The molecular formula is C24H40O4. The SMILES string of the molecule is CC/C=C\C/C=C\C/C=C\C(CCCCCCCCC(=O)O)OC(=O)CCC. The number of hydrogen-bond acceptors (Lipinski definition) is 3. The first-order valence-corrected chi connectivity index (χ1v) is 11.0. The van der Waals surface area contributed by atoms with E-state index in [1.165, 1.54) is 0 Å². The van der Waals surface area contributed by atoms with Crippen LogP contribution in [0.25, 0.3) is 0 Å². The van der Waals surface area contributed by atoms with Crippen LogP contribution in [0.15, 0.2) is 36.5 Å². The molecule has 0 bridgehead atoms. The second-order valence-electron chi connectivity index (χ2n) is 7.08. The predicted octanol–water partition coefficient (Wildman–Crippen LogP) is 6.76. The normalized spacial score (nSPS) is 12.9. The number of ether oxygens (including phenoxy) is 1. The van der Waals surface area contributed by atoms with Crippen molar-refractivity contribution in [3.63, 3.8) is 0 Å². The maximum absolute atomic E-state index is 11.8. The molecule has 0 radical (unpaired) electrons. The molecular weight excluding hydrogens is 352 g/mol. The van der Waals surface area contributed by atoms with Gasteiger partial charge in [0.15, 0.2) is 0 Å². The van der Waals surface area contributed by atoms with Crippen molar-refractivity contribution >= 4 is 11.9 Å². The first kappa shape index (κ1) is 26.2. The van der Waals surface area contributed by atoms with Gasteiger partial charge in [-0.25, -0.2) is 0 Å². The molecule has 0 saturated carbocycles. The number of aliphatic carboxylic acids is 1. The highest BCUT2D eigenvalue weighted by Crippen LogP contribution is 2.13. The highest BCUT2D eigenvalue weighted by Gasteiger charge is 2.10. The minimum atomic E-state index is -0.712. The molecule has 28 heavy (non-hydrogen) atoms. The number of carboxylic acid groups (broad SMARTS) is 1. The van der Waals surface area contributed by atoms with Crippen LogP contribution in [0, 0.1) is 0 Å². The number of carbonyl (C=O) groups is 2. The van der Waals surface area contributed by atoms with E-state index in [1.807, 2.05) is 13.0 Å². The minimum Gasteiger partial charge on any atom is -0.481 e. The quantitative estimate of drug-likeness (QED) is 0.159. The Morgan fingerprint density at radius 3 is 2.07 bits per heavy atom. The molecule has 4 heteroatoms. The second-order valence-corrected chi connectivity index (χ2v) is 7.08. The van der Waals surface area contributed by atoms with Crippen LogP contribution in [0.2, 0.25) is 0 Å². The molecule has 0 aromatic carbocycles. The standard InChI is InChI=1S/C24H40O4/c1-3-5-6-7-8-9-12-15-19-22(28-24(27)18-4-2)20-16-13-10-11-14-17-21-23(25)26/h5-6,8-9,15,19,22H,3-4,7,10-14,16-18,20-21H2,1-2H3,(H,25,26)/b6-5-,9-8-,19-15-. The number of esters is 1. The van der Waals surface area contributed by atoms with E-state index in [1.54, 1.807) is 0 Å². The summed E-state index contributed by atoms with van der Waals surface area (Å²) >= 11 is 0. The van der Waals surface area contributed by atoms with Crippen LogP contribution >= 0.6 is 0 Å². The Labute approximate surface area is 171 Å². The number of carboxylic acids is 1. The van der Waals surface area contributed by atoms with E-state index in [0.717, 1.165) is 70.6 Å². The molecule has 0 aliphatic rings. The minimum absolute atomic E-state index is 0.119. The summed E-state index contributed by atoms with van der Waals surface area (Å²) in [4.78, 5) is 22.3. The third kappa shape index (κ3) is 18.9. The third-order valence-corrected chi connectivity index (χ3v) is 4.33. The predicted molar refractivity (Wildman–Crippen MR) is 116 cm³/mol. The van der Waals surface area contributed by atoms with E-state index < -0.39 is 5.97 Å². The Kier molecular flexibility index (Phi) is 18.6. The lowest BCUT2D eigenvalue weighted by atomic mass is 10.1. The van der Waals surface area contributed by atoms with Crippen molar-refractivity contribution in [3.05, 3.63) is 36.5 Å². The lowest BCUT2D eigenvalue weighted by Crippen LogP contribution is -2.15. The molecule has 0 saturated heterocycles. The highest BCUT2D eigenvalue weighted by atomic mass is 16.5. The Morgan fingerprint density at radius 2 is 1.43 bits per heavy atom. The van der Waals surface area contributed by atoms with Crippen molar-refractivity contribution in [2.24, 2.45) is 0 Å². The summed E-state index contributed by atoms with van der Waals surface area (Å²) in [5, 5.41) is 8.62. The molecule has 1 N–H and O–H groups in total. The van der Waals surface area contributed by atoms with Gasteiger partial charge >= 0.3 is 11.9 Å². The van der Waals surface area contributed by atoms with Gasteiger partial charge < -0.3 is 9.84 Å². The number of rotatable bonds is 18. The van der Waals surface area contributed by atoms with Crippen molar-refractivity contribution < 1.29 is 19.4 Å². The number of hydrogen-bond donors (Lipinski definition) is 1. The zero-order valence-corrected chi connectivity index (χ0v) is 17.9. The zero-order chi connectivity index (χ0) is 20.9. The molecule has 0 aliphatic carbocycles.